The average molecular weight is 431 g/mol. The van der Waals surface area contributed by atoms with Crippen LogP contribution in [0.5, 0.6) is 11.5 Å². The summed E-state index contributed by atoms with van der Waals surface area (Å²) >= 11 is 0. The Morgan fingerprint density at radius 3 is 2.52 bits per heavy atom. The second-order valence-electron chi connectivity index (χ2n) is 7.70. The number of imidazole rings is 1. The minimum atomic E-state index is -4.40. The van der Waals surface area contributed by atoms with Gasteiger partial charge in [-0.3, -0.25) is 4.98 Å². The highest BCUT2D eigenvalue weighted by atomic mass is 19.4. The van der Waals surface area contributed by atoms with Crippen LogP contribution in [0.25, 0.3) is 11.3 Å². The molecule has 3 aromatic rings. The summed E-state index contributed by atoms with van der Waals surface area (Å²) in [4.78, 5) is 11.8. The zero-order valence-corrected chi connectivity index (χ0v) is 17.2. The maximum absolute atomic E-state index is 12.6. The van der Waals surface area contributed by atoms with Crippen molar-refractivity contribution in [2.45, 2.75) is 50.8 Å². The van der Waals surface area contributed by atoms with Crippen LogP contribution in [0.3, 0.4) is 0 Å². The third-order valence-electron chi connectivity index (χ3n) is 5.59. The Hall–Kier alpha value is -3.03. The molecule has 1 aromatic carbocycles. The molecule has 0 saturated heterocycles. The fourth-order valence-electron chi connectivity index (χ4n) is 3.88. The number of hydrogen-bond acceptors (Lipinski definition) is 4. The Kier molecular flexibility index (Phi) is 6.15. The van der Waals surface area contributed by atoms with Gasteiger partial charge in [0.1, 0.15) is 23.9 Å². The lowest BCUT2D eigenvalue weighted by atomic mass is 9.89. The van der Waals surface area contributed by atoms with Gasteiger partial charge in [-0.2, -0.15) is 13.2 Å². The van der Waals surface area contributed by atoms with E-state index in [-0.39, 0.29) is 6.61 Å². The zero-order valence-electron chi connectivity index (χ0n) is 17.2. The van der Waals surface area contributed by atoms with Crippen LogP contribution in [0.2, 0.25) is 0 Å². The summed E-state index contributed by atoms with van der Waals surface area (Å²) in [6.07, 6.45) is 4.33. The van der Waals surface area contributed by atoms with Crippen LogP contribution in [-0.4, -0.2) is 22.1 Å². The molecule has 164 valence electrons. The minimum absolute atomic E-state index is 0.0521. The first-order chi connectivity index (χ1) is 14.9. The molecule has 2 aromatic heterocycles. The number of ether oxygens (including phenoxy) is 2. The monoisotopic (exact) mass is 431 g/mol. The number of halogens is 3. The molecule has 1 aliphatic rings. The van der Waals surface area contributed by atoms with Gasteiger partial charge in [0.25, 0.3) is 0 Å². The normalized spacial score (nSPS) is 15.1. The maximum Gasteiger partial charge on any atom is 0.417 e. The molecule has 0 atom stereocenters. The lowest BCUT2D eigenvalue weighted by Crippen LogP contribution is -2.07. The van der Waals surface area contributed by atoms with E-state index in [1.807, 2.05) is 12.3 Å². The van der Waals surface area contributed by atoms with Gasteiger partial charge in [0.15, 0.2) is 0 Å². The van der Waals surface area contributed by atoms with Gasteiger partial charge < -0.3 is 14.5 Å². The number of methoxy groups -OCH3 is 1. The Balaban J connectivity index is 1.45. The first-order valence-electron chi connectivity index (χ1n) is 10.3. The van der Waals surface area contributed by atoms with Crippen LogP contribution in [0.15, 0.2) is 42.7 Å². The van der Waals surface area contributed by atoms with Crippen molar-refractivity contribution in [3.05, 3.63) is 59.8 Å². The summed E-state index contributed by atoms with van der Waals surface area (Å²) in [5, 5.41) is 0. The SMILES string of the molecule is COc1cc(OCc2ccc(C(F)(F)F)cn2)ccc1-c1cnc(C2CCCCC2)[nH]1. The van der Waals surface area contributed by atoms with E-state index in [0.29, 0.717) is 23.1 Å². The van der Waals surface area contributed by atoms with Crippen LogP contribution < -0.4 is 9.47 Å². The summed E-state index contributed by atoms with van der Waals surface area (Å²) in [5.74, 6) is 2.66. The van der Waals surface area contributed by atoms with Crippen LogP contribution >= 0.6 is 0 Å². The van der Waals surface area contributed by atoms with E-state index in [1.54, 1.807) is 19.2 Å². The number of aromatic amines is 1. The highest BCUT2D eigenvalue weighted by Crippen LogP contribution is 2.36. The number of nitrogens with zero attached hydrogens (tertiary/aromatic N) is 2. The summed E-state index contributed by atoms with van der Waals surface area (Å²) in [7, 11) is 1.58. The molecule has 0 unspecified atom stereocenters. The van der Waals surface area contributed by atoms with Crippen molar-refractivity contribution in [3.63, 3.8) is 0 Å². The smallest absolute Gasteiger partial charge is 0.417 e. The van der Waals surface area contributed by atoms with E-state index in [4.69, 9.17) is 9.47 Å². The molecule has 1 N–H and O–H groups in total. The molecule has 31 heavy (non-hydrogen) atoms. The first kappa shape index (κ1) is 21.2. The second kappa shape index (κ2) is 8.99. The molecule has 5 nitrogen and oxygen atoms in total. The van der Waals surface area contributed by atoms with E-state index in [2.05, 4.69) is 15.0 Å². The number of alkyl halides is 3. The molecule has 0 amide bonds. The molecule has 1 saturated carbocycles. The summed E-state index contributed by atoms with van der Waals surface area (Å²) in [5.41, 5.74) is 1.38. The van der Waals surface area contributed by atoms with Crippen molar-refractivity contribution in [2.24, 2.45) is 0 Å². The molecular weight excluding hydrogens is 407 g/mol. The number of pyridine rings is 1. The number of H-pyrrole nitrogens is 1. The van der Waals surface area contributed by atoms with Crippen LogP contribution in [0.1, 0.15) is 55.1 Å². The number of rotatable bonds is 6. The van der Waals surface area contributed by atoms with Crippen molar-refractivity contribution >= 4 is 0 Å². The lowest BCUT2D eigenvalue weighted by Gasteiger charge is -2.19. The summed E-state index contributed by atoms with van der Waals surface area (Å²) in [6.45, 7) is 0.0521. The van der Waals surface area contributed by atoms with E-state index in [0.717, 1.165) is 42.2 Å². The number of nitrogens with one attached hydrogen (secondary N) is 1. The molecule has 1 fully saturated rings. The van der Waals surface area contributed by atoms with Crippen LogP contribution in [0, 0.1) is 0 Å². The Morgan fingerprint density at radius 2 is 1.84 bits per heavy atom. The van der Waals surface area contributed by atoms with E-state index in [9.17, 15) is 13.2 Å². The van der Waals surface area contributed by atoms with Crippen molar-refractivity contribution in [1.29, 1.82) is 0 Å². The van der Waals surface area contributed by atoms with Crippen molar-refractivity contribution in [3.8, 4) is 22.8 Å². The molecular formula is C23H24F3N3O2. The van der Waals surface area contributed by atoms with E-state index in [1.165, 1.54) is 25.3 Å². The van der Waals surface area contributed by atoms with Crippen molar-refractivity contribution in [1.82, 2.24) is 15.0 Å². The fraction of sp³-hybridized carbons (Fsp3) is 0.391. The van der Waals surface area contributed by atoms with Crippen LogP contribution in [-0.2, 0) is 12.8 Å². The van der Waals surface area contributed by atoms with Gasteiger partial charge in [0, 0.05) is 23.7 Å². The van der Waals surface area contributed by atoms with Crippen molar-refractivity contribution in [2.75, 3.05) is 7.11 Å². The Labute approximate surface area is 178 Å². The minimum Gasteiger partial charge on any atom is -0.496 e. The number of hydrogen-bond donors (Lipinski definition) is 1. The summed E-state index contributed by atoms with van der Waals surface area (Å²) < 4.78 is 49.2. The Morgan fingerprint density at radius 1 is 1.03 bits per heavy atom. The van der Waals surface area contributed by atoms with Gasteiger partial charge in [-0.25, -0.2) is 4.98 Å². The van der Waals surface area contributed by atoms with Gasteiger partial charge in [-0.05, 0) is 37.1 Å². The molecule has 4 rings (SSSR count). The summed E-state index contributed by atoms with van der Waals surface area (Å²) in [6, 6.07) is 7.74. The number of benzene rings is 1. The van der Waals surface area contributed by atoms with E-state index < -0.39 is 11.7 Å². The average Bonchev–Trinajstić information content (AvgIpc) is 3.28. The fourth-order valence-corrected chi connectivity index (χ4v) is 3.88. The van der Waals surface area contributed by atoms with Gasteiger partial charge in [-0.15, -0.1) is 0 Å². The predicted octanol–water partition coefficient (Wildman–Crippen LogP) is 6.13. The third-order valence-corrected chi connectivity index (χ3v) is 5.59. The van der Waals surface area contributed by atoms with E-state index >= 15 is 0 Å². The molecule has 0 spiro atoms. The van der Waals surface area contributed by atoms with Gasteiger partial charge in [0.2, 0.25) is 0 Å². The molecule has 0 aliphatic heterocycles. The molecule has 0 radical (unpaired) electrons. The molecule has 1 aliphatic carbocycles. The number of aromatic nitrogens is 3. The molecule has 2 heterocycles. The lowest BCUT2D eigenvalue weighted by molar-refractivity contribution is -0.137. The second-order valence-corrected chi connectivity index (χ2v) is 7.70. The van der Waals surface area contributed by atoms with Crippen LogP contribution in [0.4, 0.5) is 13.2 Å². The van der Waals surface area contributed by atoms with Gasteiger partial charge in [-0.1, -0.05) is 19.3 Å². The molecule has 0 bridgehead atoms. The quantitative estimate of drug-likeness (QED) is 0.510. The zero-order chi connectivity index (χ0) is 21.8. The molecule has 8 heteroatoms. The highest BCUT2D eigenvalue weighted by molar-refractivity contribution is 5.68. The van der Waals surface area contributed by atoms with Gasteiger partial charge >= 0.3 is 6.18 Å². The van der Waals surface area contributed by atoms with Crippen molar-refractivity contribution < 1.29 is 22.6 Å². The largest absolute Gasteiger partial charge is 0.496 e. The standard InChI is InChI=1S/C23H24F3N3O2/c1-30-21-11-18(31-14-17-8-7-16(12-27-17)23(24,25)26)9-10-19(21)20-13-28-22(29-20)15-5-3-2-4-6-15/h7-13,15H,2-6,14H2,1H3,(H,28,29). The Bertz CT molecular complexity index is 1010. The first-order valence-corrected chi connectivity index (χ1v) is 10.3. The predicted molar refractivity (Wildman–Crippen MR) is 110 cm³/mol. The highest BCUT2D eigenvalue weighted by Gasteiger charge is 2.30. The third kappa shape index (κ3) is 5.00. The maximum atomic E-state index is 12.6. The topological polar surface area (TPSA) is 60.0 Å². The van der Waals surface area contributed by atoms with Gasteiger partial charge in [0.05, 0.1) is 30.3 Å².